The van der Waals surface area contributed by atoms with E-state index in [4.69, 9.17) is 0 Å². The zero-order valence-electron chi connectivity index (χ0n) is 10.3. The first-order valence-corrected chi connectivity index (χ1v) is 7.47. The molecule has 2 nitrogen and oxygen atoms in total. The maximum atomic E-state index is 4.19. The third kappa shape index (κ3) is 4.76. The van der Waals surface area contributed by atoms with Crippen molar-refractivity contribution in [2.75, 3.05) is 0 Å². The van der Waals surface area contributed by atoms with E-state index in [1.165, 1.54) is 50.5 Å². The Balaban J connectivity index is 1.79. The SMILES string of the molecule is Brc1cncc(CNC2CCCCCCC2)c1. The number of nitrogens with zero attached hydrogens (tertiary/aromatic N) is 1. The Labute approximate surface area is 112 Å². The molecule has 0 spiro atoms. The minimum atomic E-state index is 0.703. The van der Waals surface area contributed by atoms with Crippen molar-refractivity contribution in [1.29, 1.82) is 0 Å². The summed E-state index contributed by atoms with van der Waals surface area (Å²) in [6, 6.07) is 2.84. The molecule has 94 valence electrons. The van der Waals surface area contributed by atoms with Crippen LogP contribution in [0, 0.1) is 0 Å². The Morgan fingerprint density at radius 3 is 2.53 bits per heavy atom. The highest BCUT2D eigenvalue weighted by Gasteiger charge is 2.10. The summed E-state index contributed by atoms with van der Waals surface area (Å²) in [7, 11) is 0. The second kappa shape index (κ2) is 7.12. The zero-order chi connectivity index (χ0) is 11.9. The van der Waals surface area contributed by atoms with Crippen LogP contribution in [-0.2, 0) is 6.54 Å². The predicted molar refractivity (Wildman–Crippen MR) is 74.9 cm³/mol. The number of hydrogen-bond donors (Lipinski definition) is 1. The largest absolute Gasteiger partial charge is 0.310 e. The van der Waals surface area contributed by atoms with Gasteiger partial charge in [0.2, 0.25) is 0 Å². The van der Waals surface area contributed by atoms with Gasteiger partial charge in [-0.1, -0.05) is 32.1 Å². The van der Waals surface area contributed by atoms with Crippen molar-refractivity contribution in [1.82, 2.24) is 10.3 Å². The summed E-state index contributed by atoms with van der Waals surface area (Å²) in [5.74, 6) is 0. The van der Waals surface area contributed by atoms with E-state index in [1.54, 1.807) is 0 Å². The second-order valence-electron chi connectivity index (χ2n) is 4.93. The van der Waals surface area contributed by atoms with Crippen LogP contribution in [0.25, 0.3) is 0 Å². The Bertz CT molecular complexity index is 333. The lowest BCUT2D eigenvalue weighted by Crippen LogP contribution is -2.29. The van der Waals surface area contributed by atoms with Gasteiger partial charge >= 0.3 is 0 Å². The summed E-state index contributed by atoms with van der Waals surface area (Å²) in [6.45, 7) is 0.942. The van der Waals surface area contributed by atoms with Crippen LogP contribution in [0.15, 0.2) is 22.9 Å². The smallest absolute Gasteiger partial charge is 0.0410 e. The summed E-state index contributed by atoms with van der Waals surface area (Å²) in [4.78, 5) is 4.19. The van der Waals surface area contributed by atoms with E-state index >= 15 is 0 Å². The van der Waals surface area contributed by atoms with Crippen LogP contribution in [0.1, 0.15) is 50.5 Å². The Hall–Kier alpha value is -0.410. The van der Waals surface area contributed by atoms with Crippen molar-refractivity contribution in [2.24, 2.45) is 0 Å². The first-order chi connectivity index (χ1) is 8.34. The van der Waals surface area contributed by atoms with Crippen LogP contribution in [0.2, 0.25) is 0 Å². The first-order valence-electron chi connectivity index (χ1n) is 6.67. The monoisotopic (exact) mass is 296 g/mol. The van der Waals surface area contributed by atoms with Gasteiger partial charge in [0.1, 0.15) is 0 Å². The zero-order valence-corrected chi connectivity index (χ0v) is 11.9. The molecule has 0 unspecified atom stereocenters. The molecule has 0 amide bonds. The molecule has 0 atom stereocenters. The Morgan fingerprint density at radius 2 is 1.82 bits per heavy atom. The van der Waals surface area contributed by atoms with Crippen LogP contribution in [0.5, 0.6) is 0 Å². The molecule has 0 aliphatic heterocycles. The first kappa shape index (κ1) is 13.0. The molecule has 0 bridgehead atoms. The van der Waals surface area contributed by atoms with Crippen LogP contribution >= 0.6 is 15.9 Å². The van der Waals surface area contributed by atoms with E-state index in [0.717, 1.165) is 11.0 Å². The number of halogens is 1. The molecule has 1 heterocycles. The van der Waals surface area contributed by atoms with Gasteiger partial charge in [-0.05, 0) is 40.4 Å². The number of hydrogen-bond acceptors (Lipinski definition) is 2. The lowest BCUT2D eigenvalue weighted by molar-refractivity contribution is 0.389. The topological polar surface area (TPSA) is 24.9 Å². The van der Waals surface area contributed by atoms with Crippen LogP contribution in [0.3, 0.4) is 0 Å². The summed E-state index contributed by atoms with van der Waals surface area (Å²) in [5.41, 5.74) is 1.27. The summed E-state index contributed by atoms with van der Waals surface area (Å²) in [6.07, 6.45) is 13.5. The number of nitrogens with one attached hydrogen (secondary N) is 1. The standard InChI is InChI=1S/C14H21BrN2/c15-13-8-12(9-16-11-13)10-17-14-6-4-2-1-3-5-7-14/h8-9,11,14,17H,1-7,10H2. The van der Waals surface area contributed by atoms with Gasteiger partial charge in [-0.3, -0.25) is 4.98 Å². The summed E-state index contributed by atoms with van der Waals surface area (Å²) in [5, 5.41) is 3.67. The van der Waals surface area contributed by atoms with Crippen molar-refractivity contribution in [3.05, 3.63) is 28.5 Å². The highest BCUT2D eigenvalue weighted by molar-refractivity contribution is 9.10. The fourth-order valence-electron chi connectivity index (χ4n) is 2.47. The quantitative estimate of drug-likeness (QED) is 0.910. The minimum Gasteiger partial charge on any atom is -0.310 e. The number of rotatable bonds is 3. The van der Waals surface area contributed by atoms with E-state index in [2.05, 4.69) is 32.3 Å². The molecule has 1 fully saturated rings. The normalized spacial score (nSPS) is 18.6. The van der Waals surface area contributed by atoms with Crippen molar-refractivity contribution in [3.63, 3.8) is 0 Å². The summed E-state index contributed by atoms with van der Waals surface area (Å²) >= 11 is 3.46. The molecule has 1 aromatic heterocycles. The molecule has 2 rings (SSSR count). The lowest BCUT2D eigenvalue weighted by Gasteiger charge is -2.21. The molecular weight excluding hydrogens is 276 g/mol. The van der Waals surface area contributed by atoms with Gasteiger partial charge < -0.3 is 5.32 Å². The average Bonchev–Trinajstić information content (AvgIpc) is 2.27. The molecule has 17 heavy (non-hydrogen) atoms. The molecule has 1 aromatic rings. The highest BCUT2D eigenvalue weighted by Crippen LogP contribution is 2.17. The maximum Gasteiger partial charge on any atom is 0.0410 e. The van der Waals surface area contributed by atoms with Crippen molar-refractivity contribution >= 4 is 15.9 Å². The average molecular weight is 297 g/mol. The maximum absolute atomic E-state index is 4.19. The second-order valence-corrected chi connectivity index (χ2v) is 5.85. The molecule has 0 radical (unpaired) electrons. The molecular formula is C14H21BrN2. The highest BCUT2D eigenvalue weighted by atomic mass is 79.9. The molecule has 1 aliphatic carbocycles. The van der Waals surface area contributed by atoms with Crippen molar-refractivity contribution in [3.8, 4) is 0 Å². The van der Waals surface area contributed by atoms with Gasteiger partial charge in [0.25, 0.3) is 0 Å². The molecule has 0 aromatic carbocycles. The molecule has 1 aliphatic rings. The van der Waals surface area contributed by atoms with Gasteiger partial charge in [-0.25, -0.2) is 0 Å². The van der Waals surface area contributed by atoms with Gasteiger partial charge in [0.05, 0.1) is 0 Å². The van der Waals surface area contributed by atoms with E-state index in [-0.39, 0.29) is 0 Å². The van der Waals surface area contributed by atoms with E-state index < -0.39 is 0 Å². The molecule has 3 heteroatoms. The van der Waals surface area contributed by atoms with E-state index in [0.29, 0.717) is 6.04 Å². The third-order valence-electron chi connectivity index (χ3n) is 3.46. The molecule has 0 saturated heterocycles. The summed E-state index contributed by atoms with van der Waals surface area (Å²) < 4.78 is 1.06. The van der Waals surface area contributed by atoms with E-state index in [1.807, 2.05) is 12.4 Å². The van der Waals surface area contributed by atoms with Gasteiger partial charge in [0.15, 0.2) is 0 Å². The Kier molecular flexibility index (Phi) is 5.46. The van der Waals surface area contributed by atoms with Gasteiger partial charge in [0, 0.05) is 29.5 Å². The van der Waals surface area contributed by atoms with Gasteiger partial charge in [-0.2, -0.15) is 0 Å². The van der Waals surface area contributed by atoms with Crippen LogP contribution in [-0.4, -0.2) is 11.0 Å². The van der Waals surface area contributed by atoms with Crippen LogP contribution in [0.4, 0.5) is 0 Å². The fraction of sp³-hybridized carbons (Fsp3) is 0.643. The lowest BCUT2D eigenvalue weighted by atomic mass is 9.96. The third-order valence-corrected chi connectivity index (χ3v) is 3.90. The minimum absolute atomic E-state index is 0.703. The number of aromatic nitrogens is 1. The number of pyridine rings is 1. The predicted octanol–water partition coefficient (Wildman–Crippen LogP) is 4.05. The van der Waals surface area contributed by atoms with Crippen LogP contribution < -0.4 is 5.32 Å². The van der Waals surface area contributed by atoms with Gasteiger partial charge in [-0.15, -0.1) is 0 Å². The van der Waals surface area contributed by atoms with Crippen molar-refractivity contribution < 1.29 is 0 Å². The molecule has 1 saturated carbocycles. The fourth-order valence-corrected chi connectivity index (χ4v) is 2.89. The Morgan fingerprint density at radius 1 is 1.12 bits per heavy atom. The van der Waals surface area contributed by atoms with E-state index in [9.17, 15) is 0 Å². The van der Waals surface area contributed by atoms with Crippen molar-refractivity contribution in [2.45, 2.75) is 57.5 Å². The molecule has 1 N–H and O–H groups in total.